The minimum absolute atomic E-state index is 0.00561. The minimum Gasteiger partial charge on any atom is -0.300 e. The Morgan fingerprint density at radius 3 is 2.50 bits per heavy atom. The predicted molar refractivity (Wildman–Crippen MR) is 53.1 cm³/mol. The van der Waals surface area contributed by atoms with Crippen LogP contribution in [-0.4, -0.2) is 18.2 Å². The average Bonchev–Trinajstić information content (AvgIpc) is 2.56. The summed E-state index contributed by atoms with van der Waals surface area (Å²) in [6.45, 7) is 1.51. The van der Waals surface area contributed by atoms with Gasteiger partial charge in [0, 0.05) is 13.0 Å². The van der Waals surface area contributed by atoms with E-state index in [9.17, 15) is 18.4 Å². The quantitative estimate of drug-likeness (QED) is 0.680. The first-order valence-corrected chi connectivity index (χ1v) is 4.81. The summed E-state index contributed by atoms with van der Waals surface area (Å²) < 4.78 is 27.1. The summed E-state index contributed by atoms with van der Waals surface area (Å²) in [4.78, 5) is 23.3. The summed E-state index contributed by atoms with van der Waals surface area (Å²) in [5.41, 5.74) is -0.181. The number of carbonyl (C=O) groups excluding carboxylic acids is 2. The molecule has 0 saturated carbocycles. The first-order chi connectivity index (χ1) is 7.52. The number of carbonyl (C=O) groups is 2. The fraction of sp³-hybridized carbons (Fsp3) is 0.273. The van der Waals surface area contributed by atoms with Crippen LogP contribution in [0.15, 0.2) is 12.1 Å². The molecular weight excluding hydrogens is 216 g/mol. The number of hydrogen-bond acceptors (Lipinski definition) is 2. The van der Waals surface area contributed by atoms with Crippen molar-refractivity contribution < 1.29 is 18.4 Å². The zero-order valence-electron chi connectivity index (χ0n) is 8.59. The topological polar surface area (TPSA) is 37.4 Å². The van der Waals surface area contributed by atoms with Gasteiger partial charge in [0.15, 0.2) is 5.82 Å². The molecule has 0 unspecified atom stereocenters. The zero-order valence-corrected chi connectivity index (χ0v) is 8.59. The molecule has 0 spiro atoms. The molecule has 1 heterocycles. The largest absolute Gasteiger partial charge is 0.300 e. The fourth-order valence-electron chi connectivity index (χ4n) is 1.67. The molecule has 1 aliphatic rings. The third kappa shape index (κ3) is 1.48. The SMILES string of the molecule is Cc1ccc(F)c(N2CCC(=O)C2=O)c1F. The van der Waals surface area contributed by atoms with Gasteiger partial charge in [0.2, 0.25) is 5.78 Å². The van der Waals surface area contributed by atoms with Crippen molar-refractivity contribution in [3.63, 3.8) is 0 Å². The van der Waals surface area contributed by atoms with Crippen LogP contribution in [0.2, 0.25) is 0 Å². The van der Waals surface area contributed by atoms with E-state index in [1.165, 1.54) is 13.0 Å². The molecule has 84 valence electrons. The lowest BCUT2D eigenvalue weighted by Gasteiger charge is -2.17. The molecule has 5 heteroatoms. The van der Waals surface area contributed by atoms with Gasteiger partial charge < -0.3 is 4.90 Å². The molecule has 0 aromatic heterocycles. The molecule has 1 aromatic rings. The lowest BCUT2D eigenvalue weighted by molar-refractivity contribution is -0.133. The van der Waals surface area contributed by atoms with E-state index in [1.54, 1.807) is 0 Å². The van der Waals surface area contributed by atoms with Crippen molar-refractivity contribution in [2.75, 3.05) is 11.4 Å². The van der Waals surface area contributed by atoms with Gasteiger partial charge in [-0.25, -0.2) is 8.78 Å². The molecule has 1 saturated heterocycles. The Balaban J connectivity index is 2.52. The number of Topliss-reactive ketones (excluding diaryl/α,β-unsaturated/α-hetero) is 1. The Hall–Kier alpha value is -1.78. The van der Waals surface area contributed by atoms with Gasteiger partial charge in [-0.15, -0.1) is 0 Å². The smallest absolute Gasteiger partial charge is 0.294 e. The highest BCUT2D eigenvalue weighted by Gasteiger charge is 2.34. The molecule has 1 amide bonds. The molecule has 0 atom stereocenters. The van der Waals surface area contributed by atoms with E-state index in [0.29, 0.717) is 0 Å². The van der Waals surface area contributed by atoms with Crippen LogP contribution < -0.4 is 4.90 Å². The predicted octanol–water partition coefficient (Wildman–Crippen LogP) is 1.58. The van der Waals surface area contributed by atoms with Crippen LogP contribution in [0.3, 0.4) is 0 Å². The molecule has 2 rings (SSSR count). The van der Waals surface area contributed by atoms with Gasteiger partial charge in [-0.05, 0) is 18.6 Å². The molecule has 0 bridgehead atoms. The van der Waals surface area contributed by atoms with Gasteiger partial charge in [0.25, 0.3) is 5.91 Å². The molecule has 1 fully saturated rings. The Kier molecular flexibility index (Phi) is 2.46. The van der Waals surface area contributed by atoms with E-state index in [1.807, 2.05) is 0 Å². The van der Waals surface area contributed by atoms with Crippen molar-refractivity contribution in [1.82, 2.24) is 0 Å². The summed E-state index contributed by atoms with van der Waals surface area (Å²) in [7, 11) is 0. The third-order valence-electron chi connectivity index (χ3n) is 2.58. The lowest BCUT2D eigenvalue weighted by Crippen LogP contribution is -2.29. The number of nitrogens with zero attached hydrogens (tertiary/aromatic N) is 1. The van der Waals surface area contributed by atoms with E-state index in [4.69, 9.17) is 0 Å². The highest BCUT2D eigenvalue weighted by atomic mass is 19.1. The van der Waals surface area contributed by atoms with Crippen LogP contribution in [0.25, 0.3) is 0 Å². The highest BCUT2D eigenvalue weighted by molar-refractivity contribution is 6.43. The summed E-state index contributed by atoms with van der Waals surface area (Å²) in [5, 5.41) is 0. The number of anilines is 1. The normalized spacial score (nSPS) is 16.1. The van der Waals surface area contributed by atoms with Gasteiger partial charge in [-0.2, -0.15) is 0 Å². The molecule has 16 heavy (non-hydrogen) atoms. The second-order valence-corrected chi connectivity index (χ2v) is 3.66. The average molecular weight is 225 g/mol. The number of halogens is 2. The van der Waals surface area contributed by atoms with Gasteiger partial charge >= 0.3 is 0 Å². The van der Waals surface area contributed by atoms with E-state index in [2.05, 4.69) is 0 Å². The molecule has 3 nitrogen and oxygen atoms in total. The molecule has 0 aliphatic carbocycles. The van der Waals surface area contributed by atoms with E-state index in [-0.39, 0.29) is 18.5 Å². The molecule has 0 N–H and O–H groups in total. The standard InChI is InChI=1S/C11H9F2NO2/c1-6-2-3-7(12)10(9(6)13)14-5-4-8(15)11(14)16/h2-3H,4-5H2,1H3. The van der Waals surface area contributed by atoms with Crippen molar-refractivity contribution in [3.05, 3.63) is 29.3 Å². The van der Waals surface area contributed by atoms with Crippen LogP contribution in [0.1, 0.15) is 12.0 Å². The van der Waals surface area contributed by atoms with Gasteiger partial charge in [0.05, 0.1) is 0 Å². The first-order valence-electron chi connectivity index (χ1n) is 4.81. The van der Waals surface area contributed by atoms with E-state index >= 15 is 0 Å². The van der Waals surface area contributed by atoms with Gasteiger partial charge in [0.1, 0.15) is 11.5 Å². The number of rotatable bonds is 1. The van der Waals surface area contributed by atoms with Crippen molar-refractivity contribution in [3.8, 4) is 0 Å². The van der Waals surface area contributed by atoms with E-state index < -0.39 is 29.0 Å². The Morgan fingerprint density at radius 2 is 1.94 bits per heavy atom. The number of amides is 1. The highest BCUT2D eigenvalue weighted by Crippen LogP contribution is 2.28. The fourth-order valence-corrected chi connectivity index (χ4v) is 1.67. The lowest BCUT2D eigenvalue weighted by atomic mass is 10.2. The van der Waals surface area contributed by atoms with Crippen LogP contribution in [0, 0.1) is 18.6 Å². The first kappa shape index (κ1) is 10.7. The molecular formula is C11H9F2NO2. The maximum Gasteiger partial charge on any atom is 0.294 e. The second-order valence-electron chi connectivity index (χ2n) is 3.66. The third-order valence-corrected chi connectivity index (χ3v) is 2.58. The summed E-state index contributed by atoms with van der Waals surface area (Å²) >= 11 is 0. The van der Waals surface area contributed by atoms with Gasteiger partial charge in [-0.1, -0.05) is 6.07 Å². The number of benzene rings is 1. The summed E-state index contributed by atoms with van der Waals surface area (Å²) in [6, 6.07) is 2.38. The van der Waals surface area contributed by atoms with Crippen molar-refractivity contribution in [2.45, 2.75) is 13.3 Å². The van der Waals surface area contributed by atoms with Crippen LogP contribution in [-0.2, 0) is 9.59 Å². The van der Waals surface area contributed by atoms with E-state index in [0.717, 1.165) is 11.0 Å². The van der Waals surface area contributed by atoms with Crippen LogP contribution >= 0.6 is 0 Å². The summed E-state index contributed by atoms with van der Waals surface area (Å²) in [6.07, 6.45) is 0.00561. The Labute approximate surface area is 90.7 Å². The van der Waals surface area contributed by atoms with Crippen LogP contribution in [0.4, 0.5) is 14.5 Å². The monoisotopic (exact) mass is 225 g/mol. The Bertz CT molecular complexity index is 485. The minimum atomic E-state index is -0.844. The number of ketones is 1. The van der Waals surface area contributed by atoms with Crippen molar-refractivity contribution in [1.29, 1.82) is 0 Å². The van der Waals surface area contributed by atoms with Crippen molar-refractivity contribution in [2.24, 2.45) is 0 Å². The second kappa shape index (κ2) is 3.66. The zero-order chi connectivity index (χ0) is 11.9. The number of hydrogen-bond donors (Lipinski definition) is 0. The Morgan fingerprint density at radius 1 is 1.25 bits per heavy atom. The maximum atomic E-state index is 13.7. The molecule has 1 aromatic carbocycles. The molecule has 1 aliphatic heterocycles. The van der Waals surface area contributed by atoms with Crippen molar-refractivity contribution >= 4 is 17.4 Å². The maximum absolute atomic E-state index is 13.7. The summed E-state index contributed by atoms with van der Waals surface area (Å²) in [5.74, 6) is -3.07. The number of aryl methyl sites for hydroxylation is 1. The van der Waals surface area contributed by atoms with Gasteiger partial charge in [-0.3, -0.25) is 9.59 Å². The molecule has 0 radical (unpaired) electrons. The van der Waals surface area contributed by atoms with Crippen LogP contribution in [0.5, 0.6) is 0 Å².